The summed E-state index contributed by atoms with van der Waals surface area (Å²) >= 11 is 12.0. The molecule has 1 amide bonds. The van der Waals surface area contributed by atoms with Gasteiger partial charge in [-0.2, -0.15) is 0 Å². The maximum absolute atomic E-state index is 12.3. The molecule has 0 unspecified atom stereocenters. The van der Waals surface area contributed by atoms with Crippen molar-refractivity contribution >= 4 is 35.1 Å². The van der Waals surface area contributed by atoms with Gasteiger partial charge in [-0.25, -0.2) is 9.97 Å². The van der Waals surface area contributed by atoms with E-state index in [1.54, 1.807) is 24.4 Å². The second-order valence-electron chi connectivity index (χ2n) is 5.16. The van der Waals surface area contributed by atoms with Crippen molar-refractivity contribution in [3.63, 3.8) is 0 Å². The van der Waals surface area contributed by atoms with Crippen molar-refractivity contribution < 1.29 is 4.79 Å². The number of nitrogens with one attached hydrogen (secondary N) is 1. The topological polar surface area (TPSA) is 58.1 Å². The van der Waals surface area contributed by atoms with Crippen LogP contribution in [0.2, 0.25) is 10.0 Å². The first kappa shape index (κ1) is 18.5. The lowest BCUT2D eigenvalue weighted by Crippen LogP contribution is -2.29. The second-order valence-corrected chi connectivity index (χ2v) is 6.00. The number of halogens is 2. The highest BCUT2D eigenvalue weighted by Gasteiger charge is 2.11. The summed E-state index contributed by atoms with van der Waals surface area (Å²) in [6.45, 7) is 6.09. The third-order valence-electron chi connectivity index (χ3n) is 3.62. The van der Waals surface area contributed by atoms with E-state index in [-0.39, 0.29) is 5.91 Å². The van der Waals surface area contributed by atoms with Crippen LogP contribution in [0.15, 0.2) is 30.5 Å². The molecule has 0 aliphatic carbocycles. The molecule has 1 N–H and O–H groups in total. The SMILES string of the molecule is CCN(CC)c1nccc(C(=O)NCCc2ccc(Cl)cc2Cl)n1. The predicted molar refractivity (Wildman–Crippen MR) is 98.1 cm³/mol. The van der Waals surface area contributed by atoms with Crippen LogP contribution in [0.1, 0.15) is 29.9 Å². The lowest BCUT2D eigenvalue weighted by molar-refractivity contribution is 0.0949. The van der Waals surface area contributed by atoms with Crippen LogP contribution in [-0.4, -0.2) is 35.5 Å². The van der Waals surface area contributed by atoms with E-state index in [9.17, 15) is 4.79 Å². The molecule has 0 saturated heterocycles. The van der Waals surface area contributed by atoms with E-state index < -0.39 is 0 Å². The molecular weight excluding hydrogens is 347 g/mol. The van der Waals surface area contributed by atoms with E-state index in [0.29, 0.717) is 34.7 Å². The Labute approximate surface area is 152 Å². The molecule has 5 nitrogen and oxygen atoms in total. The summed E-state index contributed by atoms with van der Waals surface area (Å²) in [5, 5.41) is 4.05. The van der Waals surface area contributed by atoms with Crippen molar-refractivity contribution in [2.45, 2.75) is 20.3 Å². The molecule has 0 atom stereocenters. The summed E-state index contributed by atoms with van der Waals surface area (Å²) in [6, 6.07) is 6.95. The van der Waals surface area contributed by atoms with Crippen LogP contribution >= 0.6 is 23.2 Å². The third-order valence-corrected chi connectivity index (χ3v) is 4.20. The molecule has 0 fully saturated rings. The number of rotatable bonds is 7. The largest absolute Gasteiger partial charge is 0.350 e. The molecule has 7 heteroatoms. The van der Waals surface area contributed by atoms with Gasteiger partial charge in [-0.1, -0.05) is 29.3 Å². The zero-order valence-corrected chi connectivity index (χ0v) is 15.2. The highest BCUT2D eigenvalue weighted by Crippen LogP contribution is 2.21. The Bertz CT molecular complexity index is 705. The van der Waals surface area contributed by atoms with Gasteiger partial charge in [-0.15, -0.1) is 0 Å². The molecule has 0 spiro atoms. The minimum absolute atomic E-state index is 0.226. The Kier molecular flexibility index (Phi) is 6.82. The van der Waals surface area contributed by atoms with Crippen molar-refractivity contribution in [1.82, 2.24) is 15.3 Å². The molecule has 24 heavy (non-hydrogen) atoms. The van der Waals surface area contributed by atoms with Crippen LogP contribution in [0.3, 0.4) is 0 Å². The molecule has 0 aliphatic heterocycles. The maximum atomic E-state index is 12.3. The first-order chi connectivity index (χ1) is 11.5. The molecule has 1 aromatic carbocycles. The van der Waals surface area contributed by atoms with E-state index in [1.165, 1.54) is 0 Å². The fourth-order valence-electron chi connectivity index (χ4n) is 2.26. The number of amides is 1. The fourth-order valence-corrected chi connectivity index (χ4v) is 2.76. The van der Waals surface area contributed by atoms with Gasteiger partial charge in [0.05, 0.1) is 0 Å². The van der Waals surface area contributed by atoms with E-state index in [0.717, 1.165) is 18.7 Å². The monoisotopic (exact) mass is 366 g/mol. The highest BCUT2D eigenvalue weighted by molar-refractivity contribution is 6.35. The summed E-state index contributed by atoms with van der Waals surface area (Å²) < 4.78 is 0. The van der Waals surface area contributed by atoms with Crippen molar-refractivity contribution in [1.29, 1.82) is 0 Å². The Morgan fingerprint density at radius 1 is 1.21 bits per heavy atom. The second kappa shape index (κ2) is 8.85. The summed E-state index contributed by atoms with van der Waals surface area (Å²) in [5.74, 6) is 0.337. The van der Waals surface area contributed by atoms with Gasteiger partial charge in [0, 0.05) is 35.9 Å². The number of hydrogen-bond acceptors (Lipinski definition) is 4. The van der Waals surface area contributed by atoms with Gasteiger partial charge in [-0.3, -0.25) is 4.79 Å². The first-order valence-corrected chi connectivity index (χ1v) is 8.60. The minimum Gasteiger partial charge on any atom is -0.350 e. The molecular formula is C17H20Cl2N4O. The quantitative estimate of drug-likeness (QED) is 0.812. The molecule has 0 saturated carbocycles. The Hall–Kier alpha value is -1.85. The molecule has 0 bridgehead atoms. The van der Waals surface area contributed by atoms with Gasteiger partial charge in [0.1, 0.15) is 5.69 Å². The maximum Gasteiger partial charge on any atom is 0.270 e. The van der Waals surface area contributed by atoms with Crippen molar-refractivity contribution in [3.8, 4) is 0 Å². The lowest BCUT2D eigenvalue weighted by Gasteiger charge is -2.18. The summed E-state index contributed by atoms with van der Waals surface area (Å²) in [5.41, 5.74) is 1.29. The van der Waals surface area contributed by atoms with E-state index >= 15 is 0 Å². The Balaban J connectivity index is 1.96. The molecule has 1 aromatic heterocycles. The highest BCUT2D eigenvalue weighted by atomic mass is 35.5. The summed E-state index contributed by atoms with van der Waals surface area (Å²) in [4.78, 5) is 22.8. The standard InChI is InChI=1S/C17H20Cl2N4O/c1-3-23(4-2)17-21-10-8-15(22-17)16(24)20-9-7-12-5-6-13(18)11-14(12)19/h5-6,8,10-11H,3-4,7,9H2,1-2H3,(H,20,24). The van der Waals surface area contributed by atoms with E-state index in [4.69, 9.17) is 23.2 Å². The molecule has 0 aliphatic rings. The van der Waals surface area contributed by atoms with E-state index in [2.05, 4.69) is 15.3 Å². The van der Waals surface area contributed by atoms with Gasteiger partial charge < -0.3 is 10.2 Å². The Morgan fingerprint density at radius 2 is 1.96 bits per heavy atom. The average Bonchev–Trinajstić information content (AvgIpc) is 2.58. The third kappa shape index (κ3) is 4.82. The number of anilines is 1. The number of hydrogen-bond donors (Lipinski definition) is 1. The molecule has 2 aromatic rings. The molecule has 2 rings (SSSR count). The number of benzene rings is 1. The number of carbonyl (C=O) groups is 1. The van der Waals surface area contributed by atoms with Gasteiger partial charge in [0.2, 0.25) is 5.95 Å². The van der Waals surface area contributed by atoms with Crippen LogP contribution < -0.4 is 10.2 Å². The summed E-state index contributed by atoms with van der Waals surface area (Å²) in [6.07, 6.45) is 2.22. The van der Waals surface area contributed by atoms with Gasteiger partial charge in [0.25, 0.3) is 5.91 Å². The molecule has 1 heterocycles. The molecule has 128 valence electrons. The number of carbonyl (C=O) groups excluding carboxylic acids is 1. The predicted octanol–water partition coefficient (Wildman–Crippen LogP) is 3.60. The van der Waals surface area contributed by atoms with Crippen molar-refractivity contribution in [2.75, 3.05) is 24.5 Å². The van der Waals surface area contributed by atoms with Crippen LogP contribution in [0.4, 0.5) is 5.95 Å². The van der Waals surface area contributed by atoms with Gasteiger partial charge in [0.15, 0.2) is 0 Å². The zero-order valence-electron chi connectivity index (χ0n) is 13.7. The van der Waals surface area contributed by atoms with Crippen LogP contribution in [0, 0.1) is 0 Å². The first-order valence-electron chi connectivity index (χ1n) is 7.85. The van der Waals surface area contributed by atoms with E-state index in [1.807, 2.05) is 24.8 Å². The van der Waals surface area contributed by atoms with Crippen molar-refractivity contribution in [2.24, 2.45) is 0 Å². The fraction of sp³-hybridized carbons (Fsp3) is 0.353. The Morgan fingerprint density at radius 3 is 2.62 bits per heavy atom. The summed E-state index contributed by atoms with van der Waals surface area (Å²) in [7, 11) is 0. The van der Waals surface area contributed by atoms with Crippen molar-refractivity contribution in [3.05, 3.63) is 51.8 Å². The van der Waals surface area contributed by atoms with Crippen LogP contribution in [-0.2, 0) is 6.42 Å². The number of aromatic nitrogens is 2. The smallest absolute Gasteiger partial charge is 0.270 e. The van der Waals surface area contributed by atoms with Crippen LogP contribution in [0.25, 0.3) is 0 Å². The number of nitrogens with zero attached hydrogens (tertiary/aromatic N) is 3. The van der Waals surface area contributed by atoms with Crippen LogP contribution in [0.5, 0.6) is 0 Å². The lowest BCUT2D eigenvalue weighted by atomic mass is 10.1. The van der Waals surface area contributed by atoms with Gasteiger partial charge in [-0.05, 0) is 44.0 Å². The molecule has 0 radical (unpaired) electrons. The normalized spacial score (nSPS) is 10.5. The average molecular weight is 367 g/mol. The minimum atomic E-state index is -0.226. The zero-order chi connectivity index (χ0) is 17.5. The van der Waals surface area contributed by atoms with Gasteiger partial charge >= 0.3 is 0 Å².